The van der Waals surface area contributed by atoms with Gasteiger partial charge in [-0.05, 0) is 50.6 Å². The van der Waals surface area contributed by atoms with E-state index in [0.717, 1.165) is 16.8 Å². The summed E-state index contributed by atoms with van der Waals surface area (Å²) < 4.78 is 10.8. The molecule has 24 heavy (non-hydrogen) atoms. The summed E-state index contributed by atoms with van der Waals surface area (Å²) in [6.07, 6.45) is 1.89. The Labute approximate surface area is 143 Å². The maximum absolute atomic E-state index is 12.6. The molecule has 1 aromatic carbocycles. The van der Waals surface area contributed by atoms with Crippen molar-refractivity contribution in [3.05, 3.63) is 53.3 Å². The Balaban J connectivity index is 2.21. The first-order valence-corrected chi connectivity index (χ1v) is 7.81. The van der Waals surface area contributed by atoms with E-state index in [2.05, 4.69) is 10.3 Å². The molecule has 1 aromatic heterocycles. The highest BCUT2D eigenvalue weighted by atomic mass is 16.5. The number of aryl methyl sites for hydroxylation is 1. The number of methoxy groups -OCH3 is 2. The molecule has 0 fully saturated rings. The number of amides is 1. The van der Waals surface area contributed by atoms with E-state index in [0.29, 0.717) is 11.5 Å². The van der Waals surface area contributed by atoms with E-state index in [1.165, 1.54) is 0 Å². The number of pyridine rings is 1. The van der Waals surface area contributed by atoms with Crippen LogP contribution in [0.1, 0.15) is 30.7 Å². The zero-order valence-corrected chi connectivity index (χ0v) is 14.8. The number of aromatic nitrogens is 1. The van der Waals surface area contributed by atoms with E-state index in [-0.39, 0.29) is 12.3 Å². The number of carbonyl (C=O) groups excluding carboxylic acids is 1. The molecule has 0 unspecified atom stereocenters. The average Bonchev–Trinajstić information content (AvgIpc) is 2.56. The van der Waals surface area contributed by atoms with Crippen molar-refractivity contribution in [2.45, 2.75) is 32.7 Å². The van der Waals surface area contributed by atoms with Crippen LogP contribution < -0.4 is 14.8 Å². The summed E-state index contributed by atoms with van der Waals surface area (Å²) in [6.45, 7) is 5.81. The summed E-state index contributed by atoms with van der Waals surface area (Å²) in [5, 5.41) is 3.03. The van der Waals surface area contributed by atoms with E-state index in [4.69, 9.17) is 9.47 Å². The number of ether oxygens (including phenoxy) is 2. The van der Waals surface area contributed by atoms with Crippen LogP contribution in [-0.4, -0.2) is 25.1 Å². The summed E-state index contributed by atoms with van der Waals surface area (Å²) in [5.41, 5.74) is 1.99. The second-order valence-electron chi connectivity index (χ2n) is 6.21. The molecule has 0 saturated carbocycles. The van der Waals surface area contributed by atoms with E-state index in [1.54, 1.807) is 20.4 Å². The molecule has 1 amide bonds. The fraction of sp³-hybridized carbons (Fsp3) is 0.368. The molecular formula is C19H24N2O3. The van der Waals surface area contributed by atoms with Crippen molar-refractivity contribution >= 4 is 5.91 Å². The van der Waals surface area contributed by atoms with Gasteiger partial charge in [0.05, 0.1) is 31.9 Å². The number of benzene rings is 1. The zero-order valence-electron chi connectivity index (χ0n) is 14.8. The first-order chi connectivity index (χ1) is 11.4. The smallest absolute Gasteiger partial charge is 0.225 e. The number of nitrogens with zero attached hydrogens (tertiary/aromatic N) is 1. The van der Waals surface area contributed by atoms with Crippen molar-refractivity contribution in [1.82, 2.24) is 10.3 Å². The third-order valence-electron chi connectivity index (χ3n) is 3.85. The Morgan fingerprint density at radius 1 is 1.17 bits per heavy atom. The predicted molar refractivity (Wildman–Crippen MR) is 93.4 cm³/mol. The molecule has 5 nitrogen and oxygen atoms in total. The fourth-order valence-corrected chi connectivity index (χ4v) is 2.64. The van der Waals surface area contributed by atoms with Crippen LogP contribution in [-0.2, 0) is 16.8 Å². The van der Waals surface area contributed by atoms with Gasteiger partial charge in [-0.25, -0.2) is 0 Å². The normalized spacial score (nSPS) is 11.0. The van der Waals surface area contributed by atoms with Gasteiger partial charge in [0.1, 0.15) is 11.5 Å². The minimum atomic E-state index is -0.566. The molecule has 5 heteroatoms. The van der Waals surface area contributed by atoms with Gasteiger partial charge in [-0.1, -0.05) is 6.07 Å². The van der Waals surface area contributed by atoms with Gasteiger partial charge in [0, 0.05) is 11.8 Å². The van der Waals surface area contributed by atoms with Gasteiger partial charge in [0.2, 0.25) is 5.91 Å². The largest absolute Gasteiger partial charge is 0.496 e. The number of carbonyl (C=O) groups is 1. The van der Waals surface area contributed by atoms with Crippen molar-refractivity contribution in [1.29, 1.82) is 0 Å². The summed E-state index contributed by atoms with van der Waals surface area (Å²) >= 11 is 0. The molecule has 0 aliphatic rings. The monoisotopic (exact) mass is 328 g/mol. The fourth-order valence-electron chi connectivity index (χ4n) is 2.64. The number of hydrogen-bond donors (Lipinski definition) is 1. The lowest BCUT2D eigenvalue weighted by molar-refractivity contribution is -0.122. The molecule has 128 valence electrons. The first-order valence-electron chi connectivity index (χ1n) is 7.81. The van der Waals surface area contributed by atoms with Crippen LogP contribution in [0, 0.1) is 6.92 Å². The molecule has 2 aromatic rings. The third-order valence-corrected chi connectivity index (χ3v) is 3.85. The van der Waals surface area contributed by atoms with E-state index >= 15 is 0 Å². The maximum atomic E-state index is 12.6. The number of nitrogens with one attached hydrogen (secondary N) is 1. The number of hydrogen-bond acceptors (Lipinski definition) is 4. The molecule has 0 atom stereocenters. The Morgan fingerprint density at radius 2 is 1.79 bits per heavy atom. The Bertz CT molecular complexity index is 687. The lowest BCUT2D eigenvalue weighted by Crippen LogP contribution is -2.42. The minimum absolute atomic E-state index is 0.119. The van der Waals surface area contributed by atoms with Crippen LogP contribution in [0.25, 0.3) is 0 Å². The standard InChI is InChI=1S/C19H24N2O3/c1-13-10-15(23-4)14(16(11-13)24-5)12-18(22)21-19(2,3)17-8-6-7-9-20-17/h6-11H,12H2,1-5H3,(H,21,22). The van der Waals surface area contributed by atoms with E-state index < -0.39 is 5.54 Å². The maximum Gasteiger partial charge on any atom is 0.225 e. The number of rotatable bonds is 6. The van der Waals surface area contributed by atoms with Gasteiger partial charge in [0.15, 0.2) is 0 Å². The second-order valence-corrected chi connectivity index (χ2v) is 6.21. The molecule has 2 rings (SSSR count). The summed E-state index contributed by atoms with van der Waals surface area (Å²) in [5.74, 6) is 1.18. The van der Waals surface area contributed by atoms with Crippen molar-refractivity contribution in [2.24, 2.45) is 0 Å². The molecule has 0 radical (unpaired) electrons. The van der Waals surface area contributed by atoms with Crippen molar-refractivity contribution in [3.8, 4) is 11.5 Å². The average molecular weight is 328 g/mol. The molecule has 1 N–H and O–H groups in total. The molecule has 1 heterocycles. The molecule has 0 bridgehead atoms. The van der Waals surface area contributed by atoms with Crippen molar-refractivity contribution in [2.75, 3.05) is 14.2 Å². The highest BCUT2D eigenvalue weighted by Gasteiger charge is 2.25. The van der Waals surface area contributed by atoms with Crippen LogP contribution in [0.3, 0.4) is 0 Å². The Hall–Kier alpha value is -2.56. The van der Waals surface area contributed by atoms with Gasteiger partial charge in [-0.15, -0.1) is 0 Å². The van der Waals surface area contributed by atoms with Crippen LogP contribution >= 0.6 is 0 Å². The highest BCUT2D eigenvalue weighted by Crippen LogP contribution is 2.31. The summed E-state index contributed by atoms with van der Waals surface area (Å²) in [4.78, 5) is 16.9. The summed E-state index contributed by atoms with van der Waals surface area (Å²) in [7, 11) is 3.18. The van der Waals surface area contributed by atoms with Gasteiger partial charge in [0.25, 0.3) is 0 Å². The quantitative estimate of drug-likeness (QED) is 0.885. The zero-order chi connectivity index (χ0) is 17.7. The third kappa shape index (κ3) is 4.04. The molecular weight excluding hydrogens is 304 g/mol. The van der Waals surface area contributed by atoms with Crippen LogP contribution in [0.2, 0.25) is 0 Å². The lowest BCUT2D eigenvalue weighted by atomic mass is 9.98. The Morgan fingerprint density at radius 3 is 2.29 bits per heavy atom. The molecule has 0 aliphatic carbocycles. The predicted octanol–water partition coefficient (Wildman–Crippen LogP) is 3.00. The minimum Gasteiger partial charge on any atom is -0.496 e. The summed E-state index contributed by atoms with van der Waals surface area (Å²) in [6, 6.07) is 9.45. The molecule has 0 aliphatic heterocycles. The van der Waals surface area contributed by atoms with Gasteiger partial charge in [-0.3, -0.25) is 9.78 Å². The highest BCUT2D eigenvalue weighted by molar-refractivity contribution is 5.81. The second kappa shape index (κ2) is 7.34. The van der Waals surface area contributed by atoms with Gasteiger partial charge < -0.3 is 14.8 Å². The Kier molecular flexibility index (Phi) is 5.44. The lowest BCUT2D eigenvalue weighted by Gasteiger charge is -2.26. The van der Waals surface area contributed by atoms with Crippen molar-refractivity contribution in [3.63, 3.8) is 0 Å². The SMILES string of the molecule is COc1cc(C)cc(OC)c1CC(=O)NC(C)(C)c1ccccn1. The first kappa shape index (κ1) is 17.8. The van der Waals surface area contributed by atoms with E-state index in [1.807, 2.05) is 51.1 Å². The van der Waals surface area contributed by atoms with Crippen LogP contribution in [0.15, 0.2) is 36.5 Å². The van der Waals surface area contributed by atoms with Crippen molar-refractivity contribution < 1.29 is 14.3 Å². The van der Waals surface area contributed by atoms with Gasteiger partial charge in [-0.2, -0.15) is 0 Å². The van der Waals surface area contributed by atoms with E-state index in [9.17, 15) is 4.79 Å². The van der Waals surface area contributed by atoms with Crippen LogP contribution in [0.5, 0.6) is 11.5 Å². The van der Waals surface area contributed by atoms with Crippen LogP contribution in [0.4, 0.5) is 0 Å². The van der Waals surface area contributed by atoms with Gasteiger partial charge >= 0.3 is 0 Å². The molecule has 0 spiro atoms. The topological polar surface area (TPSA) is 60.5 Å². The molecule has 0 saturated heterocycles.